The first kappa shape index (κ1) is 21.1. The van der Waals surface area contributed by atoms with Crippen LogP contribution in [0.15, 0.2) is 96.2 Å². The van der Waals surface area contributed by atoms with Crippen molar-refractivity contribution in [1.82, 2.24) is 0 Å². The van der Waals surface area contributed by atoms with Gasteiger partial charge in [0.15, 0.2) is 0 Å². The molecule has 0 heterocycles. The second-order valence-electron chi connectivity index (χ2n) is 7.38. The summed E-state index contributed by atoms with van der Waals surface area (Å²) < 4.78 is 14.7. The fraction of sp³-hybridized carbons (Fsp3) is 0.240. The zero-order valence-electron chi connectivity index (χ0n) is 17.1. The van der Waals surface area contributed by atoms with Crippen molar-refractivity contribution in [1.29, 1.82) is 0 Å². The van der Waals surface area contributed by atoms with E-state index >= 15 is 0 Å². The van der Waals surface area contributed by atoms with Crippen molar-refractivity contribution in [2.45, 2.75) is 31.3 Å². The molecule has 150 valence electrons. The summed E-state index contributed by atoms with van der Waals surface area (Å²) in [7, 11) is -1.16. The van der Waals surface area contributed by atoms with Crippen molar-refractivity contribution in [3.05, 3.63) is 108 Å². The zero-order chi connectivity index (χ0) is 20.5. The Bertz CT molecular complexity index is 910. The van der Waals surface area contributed by atoms with Gasteiger partial charge in [-0.2, -0.15) is 0 Å². The lowest BCUT2D eigenvalue weighted by molar-refractivity contribution is 0.212. The second-order valence-corrected chi connectivity index (χ2v) is 10.5. The summed E-state index contributed by atoms with van der Waals surface area (Å²) >= 11 is 0. The van der Waals surface area contributed by atoms with Gasteiger partial charge < -0.3 is 9.40 Å². The third-order valence-corrected chi connectivity index (χ3v) is 8.49. The third-order valence-electron chi connectivity index (χ3n) is 5.07. The first-order valence-electron chi connectivity index (χ1n) is 9.88. The van der Waals surface area contributed by atoms with E-state index in [4.69, 9.17) is 4.84 Å². The summed E-state index contributed by atoms with van der Waals surface area (Å²) in [4.78, 5) is 4.99. The van der Waals surface area contributed by atoms with Gasteiger partial charge in [-0.1, -0.05) is 96.2 Å². The van der Waals surface area contributed by atoms with E-state index in [2.05, 4.69) is 41.6 Å². The standard InChI is InChI=1S/C25H28NO2P/c1-21(26-28-2)18-25(24-16-10-5-11-17-24)29(27,19-22-12-6-3-7-13-22)20-23-14-8-4-9-15-23/h3-17,25H,18-20H2,1-2H3/b26-21+. The maximum atomic E-state index is 14.7. The van der Waals surface area contributed by atoms with E-state index in [1.807, 2.05) is 61.5 Å². The van der Waals surface area contributed by atoms with Gasteiger partial charge in [0.25, 0.3) is 0 Å². The van der Waals surface area contributed by atoms with E-state index in [0.29, 0.717) is 18.7 Å². The van der Waals surface area contributed by atoms with Crippen molar-refractivity contribution in [3.63, 3.8) is 0 Å². The SMILES string of the molecule is CO/N=C(\C)CC(c1ccccc1)P(=O)(Cc1ccccc1)Cc1ccccc1. The van der Waals surface area contributed by atoms with Gasteiger partial charge in [0.05, 0.1) is 5.71 Å². The van der Waals surface area contributed by atoms with E-state index in [9.17, 15) is 4.57 Å². The van der Waals surface area contributed by atoms with Gasteiger partial charge in [0.1, 0.15) is 14.3 Å². The summed E-state index contributed by atoms with van der Waals surface area (Å²) in [6.45, 7) is 1.94. The molecule has 0 amide bonds. The highest BCUT2D eigenvalue weighted by atomic mass is 31.2. The first-order valence-corrected chi connectivity index (χ1v) is 12.0. The van der Waals surface area contributed by atoms with E-state index in [-0.39, 0.29) is 5.66 Å². The van der Waals surface area contributed by atoms with Crippen LogP contribution in [0, 0.1) is 0 Å². The molecular weight excluding hydrogens is 377 g/mol. The lowest BCUT2D eigenvalue weighted by atomic mass is 10.1. The van der Waals surface area contributed by atoms with Crippen LogP contribution in [0.5, 0.6) is 0 Å². The second kappa shape index (κ2) is 10.2. The number of hydrogen-bond acceptors (Lipinski definition) is 3. The largest absolute Gasteiger partial charge is 0.399 e. The van der Waals surface area contributed by atoms with Crippen LogP contribution in [0.4, 0.5) is 0 Å². The quantitative estimate of drug-likeness (QED) is 0.221. The van der Waals surface area contributed by atoms with Gasteiger partial charge in [-0.15, -0.1) is 0 Å². The molecule has 4 heteroatoms. The molecule has 3 rings (SSSR count). The van der Waals surface area contributed by atoms with Gasteiger partial charge in [0, 0.05) is 24.4 Å². The summed E-state index contributed by atoms with van der Waals surface area (Å²) in [5.41, 5.74) is 4.03. The average Bonchev–Trinajstić information content (AvgIpc) is 2.74. The smallest absolute Gasteiger partial charge is 0.106 e. The van der Waals surface area contributed by atoms with Gasteiger partial charge >= 0.3 is 0 Å². The molecule has 3 nitrogen and oxygen atoms in total. The van der Waals surface area contributed by atoms with Gasteiger partial charge in [-0.3, -0.25) is 0 Å². The Morgan fingerprint density at radius 1 is 0.828 bits per heavy atom. The molecule has 0 radical (unpaired) electrons. The van der Waals surface area contributed by atoms with E-state index in [0.717, 1.165) is 22.4 Å². The van der Waals surface area contributed by atoms with Crippen LogP contribution in [0.3, 0.4) is 0 Å². The predicted molar refractivity (Wildman–Crippen MR) is 122 cm³/mol. The summed E-state index contributed by atoms with van der Waals surface area (Å²) in [6, 6.07) is 30.5. The van der Waals surface area contributed by atoms with Crippen LogP contribution in [-0.2, 0) is 21.7 Å². The molecule has 0 saturated carbocycles. The van der Waals surface area contributed by atoms with Crippen LogP contribution in [0.1, 0.15) is 35.7 Å². The van der Waals surface area contributed by atoms with Crippen molar-refractivity contribution < 1.29 is 9.40 Å². The molecule has 0 bridgehead atoms. The molecule has 29 heavy (non-hydrogen) atoms. The Labute approximate surface area is 173 Å². The molecule has 0 aliphatic rings. The predicted octanol–water partition coefficient (Wildman–Crippen LogP) is 6.90. The minimum Gasteiger partial charge on any atom is -0.399 e. The number of benzene rings is 3. The Kier molecular flexibility index (Phi) is 7.43. The molecule has 0 fully saturated rings. The van der Waals surface area contributed by atoms with Gasteiger partial charge in [-0.05, 0) is 23.6 Å². The molecule has 0 spiro atoms. The minimum atomic E-state index is -2.71. The molecule has 3 aromatic rings. The first-order chi connectivity index (χ1) is 14.1. The number of hydrogen-bond donors (Lipinski definition) is 0. The molecule has 0 N–H and O–H groups in total. The highest BCUT2D eigenvalue weighted by Crippen LogP contribution is 2.65. The van der Waals surface area contributed by atoms with Crippen molar-refractivity contribution in [3.8, 4) is 0 Å². The lowest BCUT2D eigenvalue weighted by Crippen LogP contribution is -2.10. The topological polar surface area (TPSA) is 38.7 Å². The Morgan fingerprint density at radius 3 is 1.72 bits per heavy atom. The summed E-state index contributed by atoms with van der Waals surface area (Å²) in [5, 5.41) is 4.11. The molecule has 3 aromatic carbocycles. The molecule has 0 aliphatic heterocycles. The molecule has 1 atom stereocenters. The van der Waals surface area contributed by atoms with Crippen molar-refractivity contribution in [2.75, 3.05) is 7.11 Å². The number of nitrogens with zero attached hydrogens (tertiary/aromatic N) is 1. The van der Waals surface area contributed by atoms with Gasteiger partial charge in [-0.25, -0.2) is 0 Å². The lowest BCUT2D eigenvalue weighted by Gasteiger charge is -2.29. The Morgan fingerprint density at radius 2 is 1.28 bits per heavy atom. The minimum absolute atomic E-state index is 0.122. The molecule has 0 aromatic heterocycles. The highest BCUT2D eigenvalue weighted by Gasteiger charge is 2.35. The van der Waals surface area contributed by atoms with E-state index < -0.39 is 7.14 Å². The maximum Gasteiger partial charge on any atom is 0.106 e. The van der Waals surface area contributed by atoms with Crippen LogP contribution >= 0.6 is 7.14 Å². The normalized spacial score (nSPS) is 13.1. The van der Waals surface area contributed by atoms with E-state index in [1.165, 1.54) is 0 Å². The van der Waals surface area contributed by atoms with Crippen molar-refractivity contribution >= 4 is 12.9 Å². The molecule has 0 aliphatic carbocycles. The van der Waals surface area contributed by atoms with Crippen LogP contribution in [0.2, 0.25) is 0 Å². The van der Waals surface area contributed by atoms with Crippen LogP contribution in [-0.4, -0.2) is 12.8 Å². The zero-order valence-corrected chi connectivity index (χ0v) is 18.0. The number of oxime groups is 1. The van der Waals surface area contributed by atoms with Gasteiger partial charge in [0.2, 0.25) is 0 Å². The Hall–Kier alpha value is -2.64. The average molecular weight is 405 g/mol. The number of rotatable bonds is 9. The maximum absolute atomic E-state index is 14.7. The van der Waals surface area contributed by atoms with Crippen molar-refractivity contribution in [2.24, 2.45) is 5.16 Å². The fourth-order valence-electron chi connectivity index (χ4n) is 3.77. The third kappa shape index (κ3) is 5.92. The van der Waals surface area contributed by atoms with Crippen LogP contribution < -0.4 is 0 Å². The molecular formula is C25H28NO2P. The Balaban J connectivity index is 2.05. The highest BCUT2D eigenvalue weighted by molar-refractivity contribution is 7.62. The van der Waals surface area contributed by atoms with Crippen LogP contribution in [0.25, 0.3) is 0 Å². The fourth-order valence-corrected chi connectivity index (χ4v) is 7.29. The molecule has 0 saturated heterocycles. The summed E-state index contributed by atoms with van der Waals surface area (Å²) in [5.74, 6) is 0. The van der Waals surface area contributed by atoms with E-state index in [1.54, 1.807) is 7.11 Å². The summed E-state index contributed by atoms with van der Waals surface area (Å²) in [6.07, 6.45) is 1.72. The molecule has 1 unspecified atom stereocenters. The monoisotopic (exact) mass is 405 g/mol.